The molecule has 1 aliphatic heterocycles. The van der Waals surface area contributed by atoms with E-state index in [2.05, 4.69) is 9.88 Å². The van der Waals surface area contributed by atoms with Gasteiger partial charge in [-0.05, 0) is 29.5 Å². The number of benzene rings is 2. The number of primary amides is 1. The third kappa shape index (κ3) is 5.46. The van der Waals surface area contributed by atoms with E-state index in [0.29, 0.717) is 36.8 Å². The lowest BCUT2D eigenvalue weighted by atomic mass is 9.92. The molecule has 3 aromatic rings. The number of carbonyl (C=O) groups is 1. The summed E-state index contributed by atoms with van der Waals surface area (Å²) < 4.78 is 33.0. The maximum Gasteiger partial charge on any atom is 0.260 e. The smallest absolute Gasteiger partial charge is 0.260 e. The Morgan fingerprint density at radius 2 is 1.89 bits per heavy atom. The molecule has 0 radical (unpaired) electrons. The molecule has 0 aliphatic carbocycles. The van der Waals surface area contributed by atoms with Gasteiger partial charge in [0.15, 0.2) is 11.1 Å². The molecule has 1 amide bonds. The molecule has 3 atom stereocenters. The number of hydrogen-bond donors (Lipinski definition) is 2. The minimum Gasteiger partial charge on any atom is -0.463 e. The molecule has 2 heterocycles. The first-order chi connectivity index (χ1) is 16.7. The summed E-state index contributed by atoms with van der Waals surface area (Å²) in [5.74, 6) is -1.13. The standard InChI is InChI=1S/C25H30N4O5S/c1-28(2)35(32,33)22-14-18-10-6-7-11-20(18)25(27-22)34-23(24(26)31)21(17-8-4-3-5-9-17)16-29-13-12-19(30)15-29/h3-11,14,19,21,23,30H,12-13,15-16H2,1-2H3,(H2,26,31)/t19-,21+,23?/m0/s1. The van der Waals surface area contributed by atoms with Gasteiger partial charge in [-0.25, -0.2) is 12.7 Å². The Morgan fingerprint density at radius 3 is 2.51 bits per heavy atom. The van der Waals surface area contributed by atoms with E-state index in [0.717, 1.165) is 9.87 Å². The van der Waals surface area contributed by atoms with Crippen LogP contribution in [0.15, 0.2) is 65.7 Å². The van der Waals surface area contributed by atoms with Crippen molar-refractivity contribution in [1.29, 1.82) is 0 Å². The van der Waals surface area contributed by atoms with Gasteiger partial charge in [0.2, 0.25) is 5.88 Å². The number of aliphatic hydroxyl groups excluding tert-OH is 1. The van der Waals surface area contributed by atoms with E-state index < -0.39 is 34.1 Å². The minimum atomic E-state index is -3.85. The Kier molecular flexibility index (Phi) is 7.36. The number of rotatable bonds is 9. The van der Waals surface area contributed by atoms with Crippen molar-refractivity contribution in [3.05, 3.63) is 66.2 Å². The van der Waals surface area contributed by atoms with Crippen LogP contribution >= 0.6 is 0 Å². The second kappa shape index (κ2) is 10.3. The Hall–Kier alpha value is -3.05. The number of ether oxygens (including phenoxy) is 1. The molecular formula is C25H30N4O5S. The van der Waals surface area contributed by atoms with E-state index in [1.165, 1.54) is 20.2 Å². The van der Waals surface area contributed by atoms with Gasteiger partial charge in [-0.3, -0.25) is 9.69 Å². The molecule has 0 spiro atoms. The maximum absolute atomic E-state index is 12.8. The van der Waals surface area contributed by atoms with Crippen molar-refractivity contribution in [2.75, 3.05) is 33.7 Å². The zero-order valence-electron chi connectivity index (χ0n) is 19.7. The molecule has 35 heavy (non-hydrogen) atoms. The van der Waals surface area contributed by atoms with E-state index in [1.54, 1.807) is 24.3 Å². The van der Waals surface area contributed by atoms with Crippen molar-refractivity contribution in [2.45, 2.75) is 29.6 Å². The topological polar surface area (TPSA) is 126 Å². The van der Waals surface area contributed by atoms with Crippen molar-refractivity contribution in [2.24, 2.45) is 5.73 Å². The van der Waals surface area contributed by atoms with Crippen LogP contribution in [0.25, 0.3) is 10.8 Å². The molecule has 4 rings (SSSR count). The summed E-state index contributed by atoms with van der Waals surface area (Å²) in [4.78, 5) is 19.2. The number of aromatic nitrogens is 1. The van der Waals surface area contributed by atoms with Crippen LogP contribution in [-0.4, -0.2) is 79.6 Å². The first-order valence-electron chi connectivity index (χ1n) is 11.4. The van der Waals surface area contributed by atoms with Crippen molar-refractivity contribution in [3.8, 4) is 5.88 Å². The highest BCUT2D eigenvalue weighted by molar-refractivity contribution is 7.89. The van der Waals surface area contributed by atoms with Gasteiger partial charge in [0.1, 0.15) is 0 Å². The van der Waals surface area contributed by atoms with Crippen LogP contribution in [0, 0.1) is 0 Å². The van der Waals surface area contributed by atoms with Gasteiger partial charge in [0.05, 0.1) is 6.10 Å². The third-order valence-corrected chi connectivity index (χ3v) is 7.94. The molecule has 0 bridgehead atoms. The number of β-amino-alcohol motifs (C(OH)–C–C–N with tert-alkyl or cyclic N) is 1. The number of likely N-dealkylation sites (tertiary alicyclic amines) is 1. The summed E-state index contributed by atoms with van der Waals surface area (Å²) in [6.45, 7) is 1.61. The number of hydrogen-bond acceptors (Lipinski definition) is 7. The first kappa shape index (κ1) is 25.1. The molecular weight excluding hydrogens is 468 g/mol. The zero-order chi connectivity index (χ0) is 25.2. The second-order valence-electron chi connectivity index (χ2n) is 8.93. The molecule has 10 heteroatoms. The fourth-order valence-corrected chi connectivity index (χ4v) is 5.19. The predicted molar refractivity (Wildman–Crippen MR) is 132 cm³/mol. The van der Waals surface area contributed by atoms with Gasteiger partial charge in [-0.2, -0.15) is 4.98 Å². The van der Waals surface area contributed by atoms with Crippen molar-refractivity contribution in [3.63, 3.8) is 0 Å². The molecule has 186 valence electrons. The first-order valence-corrected chi connectivity index (χ1v) is 12.8. The summed E-state index contributed by atoms with van der Waals surface area (Å²) in [6.07, 6.45) is -0.887. The molecule has 9 nitrogen and oxygen atoms in total. The lowest BCUT2D eigenvalue weighted by molar-refractivity contribution is -0.126. The van der Waals surface area contributed by atoms with Gasteiger partial charge >= 0.3 is 0 Å². The van der Waals surface area contributed by atoms with Gasteiger partial charge in [-0.1, -0.05) is 48.5 Å². The van der Waals surface area contributed by atoms with Gasteiger partial charge < -0.3 is 15.6 Å². The highest BCUT2D eigenvalue weighted by Crippen LogP contribution is 2.31. The Balaban J connectivity index is 1.78. The number of nitrogens with two attached hydrogens (primary N) is 1. The van der Waals surface area contributed by atoms with Gasteiger partial charge in [0, 0.05) is 45.0 Å². The monoisotopic (exact) mass is 498 g/mol. The third-order valence-electron chi connectivity index (χ3n) is 6.24. The highest BCUT2D eigenvalue weighted by atomic mass is 32.2. The van der Waals surface area contributed by atoms with Crippen LogP contribution in [0.4, 0.5) is 0 Å². The van der Waals surface area contributed by atoms with Crippen LogP contribution in [0.5, 0.6) is 5.88 Å². The van der Waals surface area contributed by atoms with Gasteiger partial charge in [0.25, 0.3) is 15.9 Å². The Labute approximate surface area is 205 Å². The molecule has 1 aliphatic rings. The Morgan fingerprint density at radius 1 is 1.20 bits per heavy atom. The molecule has 1 saturated heterocycles. The SMILES string of the molecule is CN(C)S(=O)(=O)c1cc2ccccc2c(OC(C(N)=O)[C@H](CN2CC[C@H](O)C2)c2ccccc2)n1. The average molecular weight is 499 g/mol. The zero-order valence-corrected chi connectivity index (χ0v) is 20.6. The molecule has 1 aromatic heterocycles. The summed E-state index contributed by atoms with van der Waals surface area (Å²) in [7, 11) is -1.00. The van der Waals surface area contributed by atoms with E-state index in [1.807, 2.05) is 30.3 Å². The van der Waals surface area contributed by atoms with Crippen LogP contribution in [0.1, 0.15) is 17.9 Å². The average Bonchev–Trinajstić information content (AvgIpc) is 3.25. The highest BCUT2D eigenvalue weighted by Gasteiger charge is 2.35. The molecule has 1 unspecified atom stereocenters. The summed E-state index contributed by atoms with van der Waals surface area (Å²) in [5.41, 5.74) is 6.70. The largest absolute Gasteiger partial charge is 0.463 e. The lowest BCUT2D eigenvalue weighted by Gasteiger charge is -2.29. The van der Waals surface area contributed by atoms with E-state index in [4.69, 9.17) is 10.5 Å². The van der Waals surface area contributed by atoms with E-state index in [9.17, 15) is 18.3 Å². The Bertz CT molecular complexity index is 1300. The van der Waals surface area contributed by atoms with Crippen LogP contribution < -0.4 is 10.5 Å². The number of amides is 1. The number of sulfonamides is 1. The minimum absolute atomic E-state index is 0.0229. The normalized spacial score (nSPS) is 18.6. The molecule has 0 saturated carbocycles. The van der Waals surface area contributed by atoms with Crippen LogP contribution in [0.2, 0.25) is 0 Å². The quantitative estimate of drug-likeness (QED) is 0.459. The lowest BCUT2D eigenvalue weighted by Crippen LogP contribution is -2.43. The number of carbonyl (C=O) groups excluding carboxylic acids is 1. The summed E-state index contributed by atoms with van der Waals surface area (Å²) >= 11 is 0. The molecule has 3 N–H and O–H groups in total. The van der Waals surface area contributed by atoms with E-state index >= 15 is 0 Å². The maximum atomic E-state index is 12.8. The number of pyridine rings is 1. The van der Waals surface area contributed by atoms with Crippen molar-refractivity contribution < 1.29 is 23.1 Å². The summed E-state index contributed by atoms with van der Waals surface area (Å²) in [6, 6.07) is 18.0. The van der Waals surface area contributed by atoms with Crippen molar-refractivity contribution in [1.82, 2.24) is 14.2 Å². The predicted octanol–water partition coefficient (Wildman–Crippen LogP) is 1.57. The molecule has 1 fully saturated rings. The molecule has 2 aromatic carbocycles. The van der Waals surface area contributed by atoms with Crippen LogP contribution in [0.3, 0.4) is 0 Å². The fraction of sp³-hybridized carbons (Fsp3) is 0.360. The van der Waals surface area contributed by atoms with E-state index in [-0.39, 0.29) is 10.9 Å². The number of fused-ring (bicyclic) bond motifs is 1. The summed E-state index contributed by atoms with van der Waals surface area (Å²) in [5, 5.41) is 11.0. The van der Waals surface area contributed by atoms with Crippen molar-refractivity contribution >= 4 is 26.7 Å². The number of nitrogens with zero attached hydrogens (tertiary/aromatic N) is 3. The second-order valence-corrected chi connectivity index (χ2v) is 11.0. The number of aliphatic hydroxyl groups is 1. The fourth-order valence-electron chi connectivity index (χ4n) is 4.34. The van der Waals surface area contributed by atoms with Crippen LogP contribution in [-0.2, 0) is 14.8 Å². The van der Waals surface area contributed by atoms with Gasteiger partial charge in [-0.15, -0.1) is 0 Å².